The average molecular weight is 385 g/mol. The summed E-state index contributed by atoms with van der Waals surface area (Å²) < 4.78 is 7.24. The minimum absolute atomic E-state index is 0.0636. The number of carboxylic acid groups (broad SMARTS) is 1. The molecule has 0 spiro atoms. The summed E-state index contributed by atoms with van der Waals surface area (Å²) in [5.74, 6) is -1.35. The topological polar surface area (TPSA) is 206 Å². The van der Waals surface area contributed by atoms with E-state index in [1.165, 1.54) is 0 Å². The van der Waals surface area contributed by atoms with Gasteiger partial charge in [-0.05, 0) is 6.42 Å². The summed E-state index contributed by atoms with van der Waals surface area (Å²) in [6, 6.07) is 0. The van der Waals surface area contributed by atoms with Gasteiger partial charge < -0.3 is 30.9 Å². The van der Waals surface area contributed by atoms with Crippen molar-refractivity contribution in [3.05, 3.63) is 20.8 Å². The zero-order valence-corrected chi connectivity index (χ0v) is 14.0. The monoisotopic (exact) mass is 385 g/mol. The Morgan fingerprint density at radius 2 is 2.00 bits per heavy atom. The first-order valence-corrected chi connectivity index (χ1v) is 8.11. The number of rotatable bonds is 6. The first-order chi connectivity index (χ1) is 12.8. The highest BCUT2D eigenvalue weighted by Crippen LogP contribution is 2.30. The van der Waals surface area contributed by atoms with Crippen LogP contribution in [0.1, 0.15) is 19.1 Å². The Hall–Kier alpha value is -2.74. The van der Waals surface area contributed by atoms with Crippen molar-refractivity contribution in [3.63, 3.8) is 0 Å². The summed E-state index contributed by atoms with van der Waals surface area (Å²) in [5.41, 5.74) is 3.66. The van der Waals surface area contributed by atoms with E-state index in [0.29, 0.717) is 0 Å². The molecule has 13 heteroatoms. The predicted octanol–water partition coefficient (Wildman–Crippen LogP) is -3.06. The highest BCUT2D eigenvalue weighted by Gasteiger charge is 2.45. The van der Waals surface area contributed by atoms with Gasteiger partial charge in [-0.3, -0.25) is 19.1 Å². The fourth-order valence-electron chi connectivity index (χ4n) is 3.12. The number of aliphatic hydroxyl groups is 3. The normalized spacial score (nSPS) is 25.3. The van der Waals surface area contributed by atoms with Gasteiger partial charge in [-0.2, -0.15) is 4.98 Å². The van der Waals surface area contributed by atoms with Gasteiger partial charge in [-0.15, -0.1) is 0 Å². The molecule has 0 aliphatic carbocycles. The van der Waals surface area contributed by atoms with Crippen LogP contribution in [0.3, 0.4) is 0 Å². The van der Waals surface area contributed by atoms with Crippen LogP contribution in [0.25, 0.3) is 11.2 Å². The number of aryl methyl sites for hydroxylation is 1. The van der Waals surface area contributed by atoms with E-state index in [0.717, 1.165) is 9.13 Å². The van der Waals surface area contributed by atoms with Gasteiger partial charge in [0.2, 0.25) is 5.95 Å². The number of hydrogen-bond acceptors (Lipinski definition) is 9. The zero-order chi connectivity index (χ0) is 19.9. The Morgan fingerprint density at radius 3 is 2.59 bits per heavy atom. The maximum Gasteiger partial charge on any atom is 0.332 e. The molecule has 13 nitrogen and oxygen atoms in total. The second-order valence-corrected chi connectivity index (χ2v) is 6.15. The van der Waals surface area contributed by atoms with Crippen LogP contribution in [0.5, 0.6) is 0 Å². The van der Waals surface area contributed by atoms with Crippen molar-refractivity contribution in [3.8, 4) is 0 Å². The summed E-state index contributed by atoms with van der Waals surface area (Å²) in [7, 11) is 0. The van der Waals surface area contributed by atoms with Crippen molar-refractivity contribution >= 4 is 23.1 Å². The van der Waals surface area contributed by atoms with Gasteiger partial charge in [0.05, 0.1) is 6.61 Å². The number of aliphatic carboxylic acids is 1. The zero-order valence-electron chi connectivity index (χ0n) is 14.0. The molecule has 3 heterocycles. The number of carbonyl (C=O) groups is 1. The molecule has 0 amide bonds. The molecule has 2 aromatic heterocycles. The minimum Gasteiger partial charge on any atom is -0.481 e. The number of hydrogen-bond donors (Lipinski definition) is 6. The summed E-state index contributed by atoms with van der Waals surface area (Å²) in [4.78, 5) is 42.1. The van der Waals surface area contributed by atoms with Crippen LogP contribution in [-0.4, -0.2) is 70.4 Å². The predicted molar refractivity (Wildman–Crippen MR) is 88.9 cm³/mol. The fourth-order valence-corrected chi connectivity index (χ4v) is 3.12. The number of H-pyrrole nitrogens is 1. The SMILES string of the molecule is Nc1nc2c(c(=O)[nH]1)n(CCCC(=O)O)c(=O)n2[C@@H]1O[C@H](CO)C(O)[C@@H]1O. The summed E-state index contributed by atoms with van der Waals surface area (Å²) >= 11 is 0. The van der Waals surface area contributed by atoms with Gasteiger partial charge in [0, 0.05) is 13.0 Å². The third-order valence-electron chi connectivity index (χ3n) is 4.37. The van der Waals surface area contributed by atoms with Crippen molar-refractivity contribution in [2.45, 2.75) is 43.9 Å². The Kier molecular flexibility index (Phi) is 5.01. The molecule has 7 N–H and O–H groups in total. The maximum atomic E-state index is 12.9. The van der Waals surface area contributed by atoms with Gasteiger partial charge in [-0.1, -0.05) is 0 Å². The van der Waals surface area contributed by atoms with Crippen LogP contribution in [0, 0.1) is 0 Å². The van der Waals surface area contributed by atoms with E-state index in [9.17, 15) is 29.7 Å². The molecule has 1 saturated heterocycles. The largest absolute Gasteiger partial charge is 0.481 e. The van der Waals surface area contributed by atoms with Crippen LogP contribution in [0.15, 0.2) is 9.59 Å². The fraction of sp³-hybridized carbons (Fsp3) is 0.571. The number of anilines is 1. The molecule has 3 rings (SSSR count). The molecule has 4 atom stereocenters. The molecule has 27 heavy (non-hydrogen) atoms. The average Bonchev–Trinajstić information content (AvgIpc) is 3.02. The summed E-state index contributed by atoms with van der Waals surface area (Å²) in [5, 5.41) is 38.1. The summed E-state index contributed by atoms with van der Waals surface area (Å²) in [6.45, 7) is -0.699. The van der Waals surface area contributed by atoms with Crippen molar-refractivity contribution in [2.75, 3.05) is 12.3 Å². The molecule has 0 saturated carbocycles. The number of fused-ring (bicyclic) bond motifs is 1. The van der Waals surface area contributed by atoms with Crippen molar-refractivity contribution < 1.29 is 30.0 Å². The van der Waals surface area contributed by atoms with Gasteiger partial charge in [0.1, 0.15) is 18.3 Å². The van der Waals surface area contributed by atoms with Crippen LogP contribution >= 0.6 is 0 Å². The standard InChI is InChI=1S/C14H19N5O8/c15-13-16-10-7(11(25)17-13)18(3-1-2-6(21)22)14(26)19(10)12-9(24)8(23)5(4-20)27-12/h5,8-9,12,20,23-24H,1-4H2,(H,21,22)(H3,15,16,17,25)/t5-,8?,9+,12-/m1/s1. The van der Waals surface area contributed by atoms with Gasteiger partial charge in [-0.25, -0.2) is 9.36 Å². The highest BCUT2D eigenvalue weighted by molar-refractivity contribution is 5.72. The molecule has 1 fully saturated rings. The molecule has 0 aromatic carbocycles. The number of aromatic amines is 1. The van der Waals surface area contributed by atoms with E-state index < -0.39 is 48.4 Å². The number of ether oxygens (including phenoxy) is 1. The Bertz CT molecular complexity index is 978. The van der Waals surface area contributed by atoms with Gasteiger partial charge >= 0.3 is 11.7 Å². The first kappa shape index (κ1) is 19.0. The molecule has 1 aliphatic heterocycles. The minimum atomic E-state index is -1.57. The number of nitrogens with one attached hydrogen (secondary N) is 1. The number of nitrogen functional groups attached to an aromatic ring is 1. The Balaban J connectivity index is 2.15. The van der Waals surface area contributed by atoms with Crippen molar-refractivity contribution in [1.82, 2.24) is 19.1 Å². The number of nitrogens with two attached hydrogens (primary N) is 1. The lowest BCUT2D eigenvalue weighted by atomic mass is 10.1. The van der Waals surface area contributed by atoms with Crippen LogP contribution in [-0.2, 0) is 16.1 Å². The van der Waals surface area contributed by atoms with Crippen molar-refractivity contribution in [2.24, 2.45) is 0 Å². The molecule has 0 radical (unpaired) electrons. The second-order valence-electron chi connectivity index (χ2n) is 6.15. The van der Waals surface area contributed by atoms with E-state index in [2.05, 4.69) is 9.97 Å². The number of nitrogens with zero attached hydrogens (tertiary/aromatic N) is 3. The van der Waals surface area contributed by atoms with E-state index in [-0.39, 0.29) is 36.5 Å². The van der Waals surface area contributed by atoms with E-state index in [1.54, 1.807) is 0 Å². The molecule has 2 aromatic rings. The lowest BCUT2D eigenvalue weighted by Crippen LogP contribution is -2.36. The lowest BCUT2D eigenvalue weighted by molar-refractivity contribution is -0.137. The van der Waals surface area contributed by atoms with E-state index in [1.807, 2.05) is 0 Å². The quantitative estimate of drug-likeness (QED) is 0.296. The summed E-state index contributed by atoms with van der Waals surface area (Å²) in [6.07, 6.45) is -5.75. The number of carboxylic acids is 1. The second kappa shape index (κ2) is 7.11. The molecule has 148 valence electrons. The van der Waals surface area contributed by atoms with Gasteiger partial charge in [0.15, 0.2) is 17.4 Å². The number of imidazole rings is 1. The van der Waals surface area contributed by atoms with Gasteiger partial charge in [0.25, 0.3) is 5.56 Å². The maximum absolute atomic E-state index is 12.9. The Morgan fingerprint density at radius 1 is 1.30 bits per heavy atom. The molecule has 1 aliphatic rings. The third kappa shape index (κ3) is 3.21. The van der Waals surface area contributed by atoms with Crippen LogP contribution in [0.2, 0.25) is 0 Å². The number of aromatic nitrogens is 4. The molecular formula is C14H19N5O8. The first-order valence-electron chi connectivity index (χ1n) is 8.11. The van der Waals surface area contributed by atoms with Crippen LogP contribution < -0.4 is 17.0 Å². The molecule has 0 bridgehead atoms. The lowest BCUT2D eigenvalue weighted by Gasteiger charge is -2.15. The smallest absolute Gasteiger partial charge is 0.332 e. The van der Waals surface area contributed by atoms with Crippen molar-refractivity contribution in [1.29, 1.82) is 0 Å². The molecule has 1 unspecified atom stereocenters. The van der Waals surface area contributed by atoms with E-state index >= 15 is 0 Å². The van der Waals surface area contributed by atoms with Crippen LogP contribution in [0.4, 0.5) is 5.95 Å². The molecular weight excluding hydrogens is 366 g/mol. The number of aliphatic hydroxyl groups excluding tert-OH is 3. The third-order valence-corrected chi connectivity index (χ3v) is 4.37. The van der Waals surface area contributed by atoms with E-state index in [4.69, 9.17) is 15.6 Å². The Labute approximate surface area is 150 Å². The highest BCUT2D eigenvalue weighted by atomic mass is 16.6.